The molecule has 2 heterocycles. The predicted octanol–water partition coefficient (Wildman–Crippen LogP) is 0.569. The third-order valence-electron chi connectivity index (χ3n) is 2.68. The van der Waals surface area contributed by atoms with Crippen LogP contribution in [0, 0.1) is 5.82 Å². The van der Waals surface area contributed by atoms with Crippen LogP contribution in [-0.2, 0) is 4.74 Å². The summed E-state index contributed by atoms with van der Waals surface area (Å²) in [6, 6.07) is 0. The summed E-state index contributed by atoms with van der Waals surface area (Å²) in [4.78, 5) is 7.30. The molecule has 0 bridgehead atoms. The molecule has 1 aromatic heterocycles. The second-order valence-corrected chi connectivity index (χ2v) is 3.91. The topological polar surface area (TPSA) is 67.3 Å². The molecule has 88 valence electrons. The quantitative estimate of drug-likeness (QED) is 0.790. The molecule has 1 aliphatic rings. The number of halogens is 1. The van der Waals surface area contributed by atoms with Gasteiger partial charge in [-0.15, -0.1) is 0 Å². The number of rotatable bonds is 3. The summed E-state index contributed by atoms with van der Waals surface area (Å²) in [6.45, 7) is 1.33. The summed E-state index contributed by atoms with van der Waals surface area (Å²) in [6.07, 6.45) is 3.45. The van der Waals surface area contributed by atoms with Crippen LogP contribution in [-0.4, -0.2) is 40.4 Å². The molecule has 1 saturated heterocycles. The van der Waals surface area contributed by atoms with Gasteiger partial charge in [-0.3, -0.25) is 0 Å². The maximum Gasteiger partial charge on any atom is 0.183 e. The Bertz CT molecular complexity index is 356. The summed E-state index contributed by atoms with van der Waals surface area (Å²) >= 11 is 0. The van der Waals surface area contributed by atoms with Gasteiger partial charge in [0, 0.05) is 32.6 Å². The van der Waals surface area contributed by atoms with Crippen LogP contribution < -0.4 is 5.32 Å². The first-order valence-electron chi connectivity index (χ1n) is 5.19. The zero-order valence-electron chi connectivity index (χ0n) is 8.82. The van der Waals surface area contributed by atoms with Gasteiger partial charge >= 0.3 is 0 Å². The highest BCUT2D eigenvalue weighted by molar-refractivity contribution is 5.34. The van der Waals surface area contributed by atoms with E-state index in [0.717, 1.165) is 6.20 Å². The van der Waals surface area contributed by atoms with Gasteiger partial charge in [-0.25, -0.2) is 14.4 Å². The Labute approximate surface area is 92.7 Å². The van der Waals surface area contributed by atoms with Gasteiger partial charge < -0.3 is 15.2 Å². The first-order valence-corrected chi connectivity index (χ1v) is 5.19. The zero-order chi connectivity index (χ0) is 11.4. The first kappa shape index (κ1) is 11.2. The Hall–Kier alpha value is -1.27. The molecule has 1 aromatic rings. The molecule has 6 heteroatoms. The van der Waals surface area contributed by atoms with Crippen molar-refractivity contribution in [1.29, 1.82) is 0 Å². The summed E-state index contributed by atoms with van der Waals surface area (Å²) in [5, 5.41) is 12.9. The van der Waals surface area contributed by atoms with E-state index in [1.54, 1.807) is 0 Å². The van der Waals surface area contributed by atoms with Gasteiger partial charge in [0.05, 0.1) is 11.8 Å². The van der Waals surface area contributed by atoms with E-state index in [0.29, 0.717) is 26.1 Å². The SMILES string of the molecule is OC1(CNc2ncncc2F)CCOCC1. The third kappa shape index (κ3) is 2.65. The minimum absolute atomic E-state index is 0.120. The average Bonchev–Trinajstić information content (AvgIpc) is 2.29. The molecule has 1 aliphatic heterocycles. The number of aliphatic hydroxyl groups is 1. The van der Waals surface area contributed by atoms with E-state index in [1.807, 2.05) is 0 Å². The van der Waals surface area contributed by atoms with Gasteiger partial charge in [0.15, 0.2) is 11.6 Å². The van der Waals surface area contributed by atoms with Crippen LogP contribution in [0.3, 0.4) is 0 Å². The molecule has 0 atom stereocenters. The molecule has 1 fully saturated rings. The molecule has 0 aromatic carbocycles. The van der Waals surface area contributed by atoms with E-state index in [9.17, 15) is 9.50 Å². The van der Waals surface area contributed by atoms with Crippen LogP contribution in [0.25, 0.3) is 0 Å². The Morgan fingerprint density at radius 1 is 1.50 bits per heavy atom. The summed E-state index contributed by atoms with van der Waals surface area (Å²) in [5.74, 6) is -0.395. The fraction of sp³-hybridized carbons (Fsp3) is 0.600. The van der Waals surface area contributed by atoms with E-state index in [-0.39, 0.29) is 12.4 Å². The maximum atomic E-state index is 13.2. The van der Waals surface area contributed by atoms with Gasteiger partial charge in [-0.05, 0) is 0 Å². The number of anilines is 1. The van der Waals surface area contributed by atoms with Crippen LogP contribution >= 0.6 is 0 Å². The predicted molar refractivity (Wildman–Crippen MR) is 55.5 cm³/mol. The normalized spacial score (nSPS) is 19.4. The Morgan fingerprint density at radius 2 is 2.25 bits per heavy atom. The van der Waals surface area contributed by atoms with Crippen molar-refractivity contribution in [2.24, 2.45) is 0 Å². The molecule has 5 nitrogen and oxygen atoms in total. The van der Waals surface area contributed by atoms with Crippen molar-refractivity contribution in [3.8, 4) is 0 Å². The molecule has 16 heavy (non-hydrogen) atoms. The van der Waals surface area contributed by atoms with Crippen molar-refractivity contribution in [1.82, 2.24) is 9.97 Å². The second-order valence-electron chi connectivity index (χ2n) is 3.91. The van der Waals surface area contributed by atoms with Crippen LogP contribution in [0.5, 0.6) is 0 Å². The third-order valence-corrected chi connectivity index (χ3v) is 2.68. The van der Waals surface area contributed by atoms with Gasteiger partial charge in [0.2, 0.25) is 0 Å². The fourth-order valence-electron chi connectivity index (χ4n) is 1.62. The second kappa shape index (κ2) is 4.71. The first-order chi connectivity index (χ1) is 7.70. The molecule has 0 spiro atoms. The lowest BCUT2D eigenvalue weighted by Crippen LogP contribution is -2.42. The number of nitrogens with zero attached hydrogens (tertiary/aromatic N) is 2. The molecule has 0 aliphatic carbocycles. The number of ether oxygens (including phenoxy) is 1. The molecule has 0 amide bonds. The zero-order valence-corrected chi connectivity index (χ0v) is 8.82. The maximum absolute atomic E-state index is 13.2. The van der Waals surface area contributed by atoms with Crippen LogP contribution in [0.15, 0.2) is 12.5 Å². The van der Waals surface area contributed by atoms with Crippen LogP contribution in [0.4, 0.5) is 10.2 Å². The van der Waals surface area contributed by atoms with Crippen LogP contribution in [0.1, 0.15) is 12.8 Å². The summed E-state index contributed by atoms with van der Waals surface area (Å²) < 4.78 is 18.3. The van der Waals surface area contributed by atoms with Gasteiger partial charge in [-0.1, -0.05) is 0 Å². The van der Waals surface area contributed by atoms with Crippen molar-refractivity contribution in [2.45, 2.75) is 18.4 Å². The molecule has 0 radical (unpaired) electrons. The number of hydrogen-bond acceptors (Lipinski definition) is 5. The Balaban J connectivity index is 1.94. The van der Waals surface area contributed by atoms with Gasteiger partial charge in [0.25, 0.3) is 0 Å². The Kier molecular flexibility index (Phi) is 3.31. The summed E-state index contributed by atoms with van der Waals surface area (Å²) in [7, 11) is 0. The van der Waals surface area contributed by atoms with Crippen molar-refractivity contribution in [3.63, 3.8) is 0 Å². The van der Waals surface area contributed by atoms with E-state index >= 15 is 0 Å². The molecule has 0 unspecified atom stereocenters. The highest BCUT2D eigenvalue weighted by Crippen LogP contribution is 2.21. The van der Waals surface area contributed by atoms with Crippen LogP contribution in [0.2, 0.25) is 0 Å². The van der Waals surface area contributed by atoms with Crippen molar-refractivity contribution < 1.29 is 14.2 Å². The van der Waals surface area contributed by atoms with Crippen molar-refractivity contribution in [2.75, 3.05) is 25.1 Å². The van der Waals surface area contributed by atoms with Crippen molar-refractivity contribution in [3.05, 3.63) is 18.3 Å². The smallest absolute Gasteiger partial charge is 0.183 e. The van der Waals surface area contributed by atoms with E-state index in [4.69, 9.17) is 4.74 Å². The lowest BCUT2D eigenvalue weighted by atomic mass is 9.94. The number of hydrogen-bond donors (Lipinski definition) is 2. The molecular weight excluding hydrogens is 213 g/mol. The largest absolute Gasteiger partial charge is 0.388 e. The van der Waals surface area contributed by atoms with Gasteiger partial charge in [0.1, 0.15) is 6.33 Å². The minimum Gasteiger partial charge on any atom is -0.388 e. The van der Waals surface area contributed by atoms with E-state index < -0.39 is 11.4 Å². The molecular formula is C10H14FN3O2. The molecule has 2 N–H and O–H groups in total. The summed E-state index contributed by atoms with van der Waals surface area (Å²) in [5.41, 5.74) is -0.838. The minimum atomic E-state index is -0.838. The molecule has 2 rings (SSSR count). The van der Waals surface area contributed by atoms with Crippen molar-refractivity contribution >= 4 is 5.82 Å². The van der Waals surface area contributed by atoms with E-state index in [2.05, 4.69) is 15.3 Å². The van der Waals surface area contributed by atoms with E-state index in [1.165, 1.54) is 6.33 Å². The Morgan fingerprint density at radius 3 is 2.94 bits per heavy atom. The average molecular weight is 227 g/mol. The highest BCUT2D eigenvalue weighted by atomic mass is 19.1. The lowest BCUT2D eigenvalue weighted by molar-refractivity contribution is -0.0544. The fourth-order valence-corrected chi connectivity index (χ4v) is 1.62. The van der Waals surface area contributed by atoms with Gasteiger partial charge in [-0.2, -0.15) is 0 Å². The lowest BCUT2D eigenvalue weighted by Gasteiger charge is -2.32. The molecule has 0 saturated carbocycles. The highest BCUT2D eigenvalue weighted by Gasteiger charge is 2.29. The number of nitrogens with one attached hydrogen (secondary N) is 1. The monoisotopic (exact) mass is 227 g/mol. The number of aromatic nitrogens is 2. The standard InChI is InChI=1S/C10H14FN3O2/c11-8-5-12-7-14-9(8)13-6-10(15)1-3-16-4-2-10/h5,7,15H,1-4,6H2,(H,12,13,14).